The Morgan fingerprint density at radius 1 is 1.36 bits per heavy atom. The van der Waals surface area contributed by atoms with Gasteiger partial charge in [-0.3, -0.25) is 14.9 Å². The number of methoxy groups -OCH3 is 1. The minimum absolute atomic E-state index is 0.0384. The second kappa shape index (κ2) is 8.13. The van der Waals surface area contributed by atoms with E-state index in [1.807, 2.05) is 12.1 Å². The van der Waals surface area contributed by atoms with E-state index >= 15 is 0 Å². The van der Waals surface area contributed by atoms with Crippen molar-refractivity contribution < 1.29 is 14.5 Å². The molecule has 0 unspecified atom stereocenters. The summed E-state index contributed by atoms with van der Waals surface area (Å²) in [4.78, 5) is 22.4. The van der Waals surface area contributed by atoms with E-state index in [1.54, 1.807) is 26.2 Å². The molecule has 0 radical (unpaired) electrons. The summed E-state index contributed by atoms with van der Waals surface area (Å²) in [5, 5.41) is 13.5. The molecule has 0 aliphatic rings. The van der Waals surface area contributed by atoms with E-state index in [9.17, 15) is 14.9 Å². The molecule has 2 rings (SSSR count). The van der Waals surface area contributed by atoms with Gasteiger partial charge in [0.15, 0.2) is 0 Å². The topological polar surface area (TPSA) is 81.5 Å². The lowest BCUT2D eigenvalue weighted by atomic mass is 10.1. The summed E-state index contributed by atoms with van der Waals surface area (Å²) >= 11 is 9.24. The first-order valence-corrected chi connectivity index (χ1v) is 8.26. The van der Waals surface area contributed by atoms with E-state index in [4.69, 9.17) is 16.3 Å². The molecule has 0 saturated heterocycles. The summed E-state index contributed by atoms with van der Waals surface area (Å²) in [5.74, 6) is 0.233. The van der Waals surface area contributed by atoms with Crippen molar-refractivity contribution in [3.8, 4) is 5.75 Å². The third-order valence-electron chi connectivity index (χ3n) is 3.35. The van der Waals surface area contributed by atoms with Crippen molar-refractivity contribution in [2.75, 3.05) is 12.4 Å². The van der Waals surface area contributed by atoms with Crippen molar-refractivity contribution in [2.24, 2.45) is 0 Å². The molecule has 0 aliphatic heterocycles. The van der Waals surface area contributed by atoms with Crippen LogP contribution in [0.5, 0.6) is 5.75 Å². The van der Waals surface area contributed by atoms with Gasteiger partial charge in [0.1, 0.15) is 10.8 Å². The van der Waals surface area contributed by atoms with E-state index < -0.39 is 10.8 Å². The number of rotatable bonds is 5. The number of amides is 1. The third-order valence-corrected chi connectivity index (χ3v) is 4.15. The Bertz CT molecular complexity index is 868. The SMILES string of the molecule is COc1ccc(Br)cc1/C=C/C(=O)Nc1cc(Cl)c([N+](=O)[O-])cc1C. The van der Waals surface area contributed by atoms with Gasteiger partial charge in [-0.15, -0.1) is 0 Å². The zero-order valence-electron chi connectivity index (χ0n) is 13.4. The lowest BCUT2D eigenvalue weighted by molar-refractivity contribution is -0.384. The zero-order valence-corrected chi connectivity index (χ0v) is 15.7. The quantitative estimate of drug-likeness (QED) is 0.416. The van der Waals surface area contributed by atoms with E-state index in [2.05, 4.69) is 21.2 Å². The highest BCUT2D eigenvalue weighted by Gasteiger charge is 2.15. The van der Waals surface area contributed by atoms with Crippen LogP contribution in [0.25, 0.3) is 6.08 Å². The van der Waals surface area contributed by atoms with E-state index in [-0.39, 0.29) is 10.7 Å². The number of ether oxygens (including phenoxy) is 1. The van der Waals surface area contributed by atoms with Crippen LogP contribution in [0, 0.1) is 17.0 Å². The van der Waals surface area contributed by atoms with Crippen LogP contribution in [-0.4, -0.2) is 17.9 Å². The fourth-order valence-corrected chi connectivity index (χ4v) is 2.73. The lowest BCUT2D eigenvalue weighted by Gasteiger charge is -2.08. The van der Waals surface area contributed by atoms with Gasteiger partial charge in [-0.1, -0.05) is 27.5 Å². The number of aryl methyl sites for hydroxylation is 1. The third kappa shape index (κ3) is 4.80. The largest absolute Gasteiger partial charge is 0.496 e. The first-order chi connectivity index (χ1) is 11.8. The van der Waals surface area contributed by atoms with Crippen LogP contribution in [0.3, 0.4) is 0 Å². The summed E-state index contributed by atoms with van der Waals surface area (Å²) in [6.45, 7) is 1.65. The number of nitro benzene ring substituents is 1. The van der Waals surface area contributed by atoms with Crippen LogP contribution in [0.15, 0.2) is 40.9 Å². The number of hydrogen-bond acceptors (Lipinski definition) is 4. The Labute approximate surface area is 157 Å². The van der Waals surface area contributed by atoms with Crippen molar-refractivity contribution >= 4 is 50.9 Å². The molecule has 0 aliphatic carbocycles. The Morgan fingerprint density at radius 2 is 2.08 bits per heavy atom. The smallest absolute Gasteiger partial charge is 0.288 e. The van der Waals surface area contributed by atoms with Crippen LogP contribution < -0.4 is 10.1 Å². The number of carbonyl (C=O) groups excluding carboxylic acids is 1. The van der Waals surface area contributed by atoms with Gasteiger partial charge in [-0.2, -0.15) is 0 Å². The summed E-state index contributed by atoms with van der Waals surface area (Å²) in [7, 11) is 1.54. The summed E-state index contributed by atoms with van der Waals surface area (Å²) in [6, 6.07) is 8.11. The number of halogens is 2. The number of nitrogens with one attached hydrogen (secondary N) is 1. The summed E-state index contributed by atoms with van der Waals surface area (Å²) < 4.78 is 6.09. The maximum absolute atomic E-state index is 12.1. The van der Waals surface area contributed by atoms with Crippen molar-refractivity contribution in [3.63, 3.8) is 0 Å². The van der Waals surface area contributed by atoms with Gasteiger partial charge in [0.25, 0.3) is 5.69 Å². The van der Waals surface area contributed by atoms with Gasteiger partial charge in [0.05, 0.1) is 12.0 Å². The van der Waals surface area contributed by atoms with Crippen LogP contribution >= 0.6 is 27.5 Å². The molecule has 0 heterocycles. The van der Waals surface area contributed by atoms with Crippen molar-refractivity contribution in [3.05, 3.63) is 67.1 Å². The average molecular weight is 426 g/mol. The van der Waals surface area contributed by atoms with E-state index in [0.29, 0.717) is 17.0 Å². The molecule has 2 aromatic rings. The van der Waals surface area contributed by atoms with E-state index in [1.165, 1.54) is 18.2 Å². The molecule has 1 N–H and O–H groups in total. The molecular formula is C17H14BrClN2O4. The molecule has 2 aromatic carbocycles. The molecule has 8 heteroatoms. The number of nitrogens with zero attached hydrogens (tertiary/aromatic N) is 1. The molecule has 0 saturated carbocycles. The monoisotopic (exact) mass is 424 g/mol. The maximum atomic E-state index is 12.1. The molecule has 0 bridgehead atoms. The normalized spacial score (nSPS) is 10.7. The van der Waals surface area contributed by atoms with Gasteiger partial charge < -0.3 is 10.1 Å². The number of carbonyl (C=O) groups is 1. The molecule has 0 atom stereocenters. The van der Waals surface area contributed by atoms with Crippen LogP contribution in [0.2, 0.25) is 5.02 Å². The van der Waals surface area contributed by atoms with Crippen LogP contribution in [0.4, 0.5) is 11.4 Å². The number of nitro groups is 1. The van der Waals surface area contributed by atoms with Crippen molar-refractivity contribution in [1.29, 1.82) is 0 Å². The standard InChI is InChI=1S/C17H14BrClN2O4/c1-10-7-15(21(23)24)13(19)9-14(10)20-17(22)6-3-11-8-12(18)4-5-16(11)25-2/h3-9H,1-2H3,(H,20,22)/b6-3+. The second-order valence-electron chi connectivity index (χ2n) is 5.08. The van der Waals surface area contributed by atoms with Crippen LogP contribution in [-0.2, 0) is 4.79 Å². The first-order valence-electron chi connectivity index (χ1n) is 7.09. The number of hydrogen-bond donors (Lipinski definition) is 1. The van der Waals surface area contributed by atoms with Gasteiger partial charge in [-0.05, 0) is 42.8 Å². The van der Waals surface area contributed by atoms with Gasteiger partial charge in [-0.25, -0.2) is 0 Å². The maximum Gasteiger partial charge on any atom is 0.288 e. The molecule has 0 fully saturated rings. The fourth-order valence-electron chi connectivity index (χ4n) is 2.12. The van der Waals surface area contributed by atoms with Gasteiger partial charge >= 0.3 is 0 Å². The van der Waals surface area contributed by atoms with E-state index in [0.717, 1.165) is 10.0 Å². The molecule has 6 nitrogen and oxygen atoms in total. The van der Waals surface area contributed by atoms with Gasteiger partial charge in [0, 0.05) is 27.9 Å². The van der Waals surface area contributed by atoms with Gasteiger partial charge in [0.2, 0.25) is 5.91 Å². The highest BCUT2D eigenvalue weighted by Crippen LogP contribution is 2.30. The Hall–Kier alpha value is -2.38. The highest BCUT2D eigenvalue weighted by molar-refractivity contribution is 9.10. The minimum atomic E-state index is -0.569. The highest BCUT2D eigenvalue weighted by atomic mass is 79.9. The zero-order chi connectivity index (χ0) is 18.6. The van der Waals surface area contributed by atoms with Crippen LogP contribution in [0.1, 0.15) is 11.1 Å². The number of anilines is 1. The molecule has 0 aromatic heterocycles. The average Bonchev–Trinajstić information content (AvgIpc) is 2.55. The fraction of sp³-hybridized carbons (Fsp3) is 0.118. The summed E-state index contributed by atoms with van der Waals surface area (Å²) in [5.41, 5.74) is 1.47. The first kappa shape index (κ1) is 19.0. The van der Waals surface area contributed by atoms with Crippen molar-refractivity contribution in [1.82, 2.24) is 0 Å². The number of benzene rings is 2. The Morgan fingerprint density at radius 3 is 2.72 bits per heavy atom. The molecular weight excluding hydrogens is 412 g/mol. The molecule has 130 valence electrons. The molecule has 25 heavy (non-hydrogen) atoms. The van der Waals surface area contributed by atoms with Crippen molar-refractivity contribution in [2.45, 2.75) is 6.92 Å². The molecule has 1 amide bonds. The lowest BCUT2D eigenvalue weighted by Crippen LogP contribution is -2.09. The summed E-state index contributed by atoms with van der Waals surface area (Å²) in [6.07, 6.45) is 2.96. The Balaban J connectivity index is 2.19. The predicted molar refractivity (Wildman–Crippen MR) is 101 cm³/mol. The second-order valence-corrected chi connectivity index (χ2v) is 6.41. The Kier molecular flexibility index (Phi) is 6.17. The minimum Gasteiger partial charge on any atom is -0.496 e. The predicted octanol–water partition coefficient (Wildman–Crippen LogP) is 4.98. The molecule has 0 spiro atoms.